The first-order chi connectivity index (χ1) is 11.9. The molecule has 4 heteroatoms. The molecule has 130 valence electrons. The minimum atomic E-state index is -0.106. The summed E-state index contributed by atoms with van der Waals surface area (Å²) in [5, 5.41) is 2.71. The van der Waals surface area contributed by atoms with Crippen LogP contribution in [0.4, 0.5) is 5.69 Å². The van der Waals surface area contributed by atoms with Gasteiger partial charge >= 0.3 is 0 Å². The molecule has 0 aliphatic carbocycles. The monoisotopic (exact) mass is 336 g/mol. The van der Waals surface area contributed by atoms with Gasteiger partial charge in [0, 0.05) is 25.7 Å². The minimum Gasteiger partial charge on any atom is -0.335 e. The molecule has 2 aromatic carbocycles. The van der Waals surface area contributed by atoms with Crippen molar-refractivity contribution in [3.63, 3.8) is 0 Å². The van der Waals surface area contributed by atoms with Gasteiger partial charge in [-0.3, -0.25) is 9.59 Å². The van der Waals surface area contributed by atoms with Crippen LogP contribution in [0.5, 0.6) is 0 Å². The molecular weight excluding hydrogens is 312 g/mol. The van der Waals surface area contributed by atoms with Crippen molar-refractivity contribution in [2.24, 2.45) is 0 Å². The second-order valence-electron chi connectivity index (χ2n) is 6.17. The molecule has 25 heavy (non-hydrogen) atoms. The first kappa shape index (κ1) is 18.5. The Morgan fingerprint density at radius 2 is 1.64 bits per heavy atom. The van der Waals surface area contributed by atoms with E-state index in [1.165, 1.54) is 12.5 Å². The molecule has 1 N–H and O–H groups in total. The number of carbonyl (C=O) groups excluding carboxylic acids is 2. The highest BCUT2D eigenvalue weighted by molar-refractivity contribution is 5.92. The van der Waals surface area contributed by atoms with E-state index in [4.69, 9.17) is 0 Å². The molecule has 0 saturated carbocycles. The molecule has 0 aliphatic rings. The zero-order chi connectivity index (χ0) is 18.4. The number of nitrogens with zero attached hydrogens (tertiary/aromatic N) is 1. The Morgan fingerprint density at radius 3 is 2.20 bits per heavy atom. The van der Waals surface area contributed by atoms with Crippen LogP contribution in [-0.4, -0.2) is 23.8 Å². The topological polar surface area (TPSA) is 49.4 Å². The zero-order valence-electron chi connectivity index (χ0n) is 15.1. The lowest BCUT2D eigenvalue weighted by atomic mass is 10.1. The standard InChI is InChI=1S/C21H24N2O2/c1-15-5-10-19(11-6-15)16(2)23(4)21(25)14-9-18-7-12-20(13-8-18)22-17(3)24/h5-14,16H,1-4H3,(H,22,24)/b14-9+. The maximum atomic E-state index is 12.4. The number of amides is 2. The normalized spacial score (nSPS) is 12.0. The van der Waals surface area contributed by atoms with Crippen LogP contribution in [-0.2, 0) is 9.59 Å². The predicted molar refractivity (Wildman–Crippen MR) is 102 cm³/mol. The number of hydrogen-bond donors (Lipinski definition) is 1. The SMILES string of the molecule is CC(=O)Nc1ccc(/C=C/C(=O)N(C)C(C)c2ccc(C)cc2)cc1. The quantitative estimate of drug-likeness (QED) is 0.833. The summed E-state index contributed by atoms with van der Waals surface area (Å²) < 4.78 is 0. The molecule has 0 aliphatic heterocycles. The van der Waals surface area contributed by atoms with Crippen molar-refractivity contribution in [2.45, 2.75) is 26.8 Å². The number of aryl methyl sites for hydroxylation is 1. The maximum Gasteiger partial charge on any atom is 0.246 e. The van der Waals surface area contributed by atoms with Gasteiger partial charge in [0.25, 0.3) is 0 Å². The second-order valence-corrected chi connectivity index (χ2v) is 6.17. The molecule has 0 radical (unpaired) electrons. The third kappa shape index (κ3) is 5.31. The number of rotatable bonds is 5. The Labute approximate surface area is 149 Å². The molecule has 0 saturated heterocycles. The Morgan fingerprint density at radius 1 is 1.04 bits per heavy atom. The molecule has 4 nitrogen and oxygen atoms in total. The molecule has 1 unspecified atom stereocenters. The molecule has 2 aromatic rings. The largest absolute Gasteiger partial charge is 0.335 e. The lowest BCUT2D eigenvalue weighted by molar-refractivity contribution is -0.126. The Bertz CT molecular complexity index is 761. The fourth-order valence-electron chi connectivity index (χ4n) is 2.43. The van der Waals surface area contributed by atoms with Gasteiger partial charge in [-0.15, -0.1) is 0 Å². The predicted octanol–water partition coefficient (Wildman–Crippen LogP) is 4.19. The van der Waals surface area contributed by atoms with E-state index >= 15 is 0 Å². The molecule has 0 bridgehead atoms. The third-order valence-electron chi connectivity index (χ3n) is 4.14. The van der Waals surface area contributed by atoms with Crippen molar-refractivity contribution in [3.05, 3.63) is 71.3 Å². The smallest absolute Gasteiger partial charge is 0.246 e. The van der Waals surface area contributed by atoms with Crippen LogP contribution < -0.4 is 5.32 Å². The van der Waals surface area contributed by atoms with Gasteiger partial charge in [0.15, 0.2) is 0 Å². The van der Waals surface area contributed by atoms with E-state index in [1.807, 2.05) is 50.2 Å². The summed E-state index contributed by atoms with van der Waals surface area (Å²) in [6.45, 7) is 5.53. The lowest BCUT2D eigenvalue weighted by Crippen LogP contribution is -2.27. The molecular formula is C21H24N2O2. The molecule has 0 fully saturated rings. The van der Waals surface area contributed by atoms with E-state index in [9.17, 15) is 9.59 Å². The van der Waals surface area contributed by atoms with Crippen molar-refractivity contribution >= 4 is 23.6 Å². The fraction of sp³-hybridized carbons (Fsp3) is 0.238. The number of carbonyl (C=O) groups is 2. The van der Waals surface area contributed by atoms with Gasteiger partial charge in [-0.1, -0.05) is 42.0 Å². The molecule has 2 rings (SSSR count). The molecule has 0 heterocycles. The summed E-state index contributed by atoms with van der Waals surface area (Å²) in [5.74, 6) is -0.163. The van der Waals surface area contributed by atoms with Gasteiger partial charge in [-0.05, 0) is 43.2 Å². The van der Waals surface area contributed by atoms with Gasteiger partial charge in [0.05, 0.1) is 6.04 Å². The number of hydrogen-bond acceptors (Lipinski definition) is 2. The Hall–Kier alpha value is -2.88. The zero-order valence-corrected chi connectivity index (χ0v) is 15.1. The van der Waals surface area contributed by atoms with Gasteiger partial charge in [0.2, 0.25) is 11.8 Å². The van der Waals surface area contributed by atoms with Gasteiger partial charge in [0.1, 0.15) is 0 Å². The minimum absolute atomic E-state index is 0.0000995. The van der Waals surface area contributed by atoms with Crippen molar-refractivity contribution in [2.75, 3.05) is 12.4 Å². The summed E-state index contributed by atoms with van der Waals surface area (Å²) in [6.07, 6.45) is 3.34. The number of nitrogens with one attached hydrogen (secondary N) is 1. The van der Waals surface area contributed by atoms with E-state index in [1.54, 1.807) is 24.1 Å². The van der Waals surface area contributed by atoms with Gasteiger partial charge in [-0.2, -0.15) is 0 Å². The van der Waals surface area contributed by atoms with Crippen LogP contribution >= 0.6 is 0 Å². The van der Waals surface area contributed by atoms with E-state index < -0.39 is 0 Å². The van der Waals surface area contributed by atoms with Crippen LogP contribution in [0.15, 0.2) is 54.6 Å². The van der Waals surface area contributed by atoms with Crippen LogP contribution in [0, 0.1) is 6.92 Å². The highest BCUT2D eigenvalue weighted by Crippen LogP contribution is 2.19. The van der Waals surface area contributed by atoms with Crippen LogP contribution in [0.25, 0.3) is 6.08 Å². The van der Waals surface area contributed by atoms with E-state index in [-0.39, 0.29) is 17.9 Å². The van der Waals surface area contributed by atoms with Crippen molar-refractivity contribution in [1.82, 2.24) is 4.90 Å². The summed E-state index contributed by atoms with van der Waals surface area (Å²) in [6, 6.07) is 15.5. The van der Waals surface area contributed by atoms with Crippen LogP contribution in [0.3, 0.4) is 0 Å². The number of anilines is 1. The Balaban J connectivity index is 2.01. The average Bonchev–Trinajstić information content (AvgIpc) is 2.59. The molecule has 0 aromatic heterocycles. The maximum absolute atomic E-state index is 12.4. The number of benzene rings is 2. The van der Waals surface area contributed by atoms with E-state index in [2.05, 4.69) is 17.4 Å². The van der Waals surface area contributed by atoms with Crippen molar-refractivity contribution in [1.29, 1.82) is 0 Å². The summed E-state index contributed by atoms with van der Waals surface area (Å²) in [5.41, 5.74) is 3.95. The fourth-order valence-corrected chi connectivity index (χ4v) is 2.43. The summed E-state index contributed by atoms with van der Waals surface area (Å²) >= 11 is 0. The van der Waals surface area contributed by atoms with Crippen molar-refractivity contribution < 1.29 is 9.59 Å². The summed E-state index contributed by atoms with van der Waals surface area (Å²) in [4.78, 5) is 25.1. The van der Waals surface area contributed by atoms with Crippen LogP contribution in [0.2, 0.25) is 0 Å². The van der Waals surface area contributed by atoms with E-state index in [0.29, 0.717) is 0 Å². The highest BCUT2D eigenvalue weighted by Gasteiger charge is 2.15. The first-order valence-corrected chi connectivity index (χ1v) is 8.26. The van der Waals surface area contributed by atoms with Crippen molar-refractivity contribution in [3.8, 4) is 0 Å². The molecule has 0 spiro atoms. The first-order valence-electron chi connectivity index (χ1n) is 8.26. The van der Waals surface area contributed by atoms with Gasteiger partial charge < -0.3 is 10.2 Å². The second kappa shape index (κ2) is 8.29. The molecule has 1 atom stereocenters. The van der Waals surface area contributed by atoms with Crippen LogP contribution in [0.1, 0.15) is 36.6 Å². The lowest BCUT2D eigenvalue weighted by Gasteiger charge is -2.24. The summed E-state index contributed by atoms with van der Waals surface area (Å²) in [7, 11) is 1.80. The highest BCUT2D eigenvalue weighted by atomic mass is 16.2. The Kier molecular flexibility index (Phi) is 6.12. The number of likely N-dealkylation sites (N-methyl/N-ethyl adjacent to an activating group) is 1. The van der Waals surface area contributed by atoms with Gasteiger partial charge in [-0.25, -0.2) is 0 Å². The third-order valence-corrected chi connectivity index (χ3v) is 4.14. The van der Waals surface area contributed by atoms with E-state index in [0.717, 1.165) is 16.8 Å². The molecule has 2 amide bonds. The average molecular weight is 336 g/mol.